The summed E-state index contributed by atoms with van der Waals surface area (Å²) in [5.74, 6) is -0.508. The Bertz CT molecular complexity index is 515. The number of nitrogen functional groups attached to an aromatic ring is 1. The molecule has 0 saturated carbocycles. The smallest absolute Gasteiger partial charge is 0.343 e. The van der Waals surface area contributed by atoms with E-state index in [-0.39, 0.29) is 17.3 Å². The van der Waals surface area contributed by atoms with E-state index in [0.717, 1.165) is 25.9 Å². The van der Waals surface area contributed by atoms with E-state index in [0.29, 0.717) is 9.88 Å². The third-order valence-electron chi connectivity index (χ3n) is 3.11. The molecule has 0 amide bonds. The first-order valence-corrected chi connectivity index (χ1v) is 6.87. The largest absolute Gasteiger partial charge is 0.465 e. The van der Waals surface area contributed by atoms with Crippen molar-refractivity contribution in [1.82, 2.24) is 5.32 Å². The Morgan fingerprint density at radius 1 is 1.58 bits per heavy atom. The summed E-state index contributed by atoms with van der Waals surface area (Å²) in [6.07, 6.45) is 1.95. The molecule has 0 radical (unpaired) electrons. The van der Waals surface area contributed by atoms with Crippen LogP contribution in [0.5, 0.6) is 0 Å². The zero-order valence-electron chi connectivity index (χ0n) is 10.7. The minimum atomic E-state index is -0.508. The van der Waals surface area contributed by atoms with Crippen molar-refractivity contribution in [2.75, 3.05) is 31.2 Å². The van der Waals surface area contributed by atoms with Gasteiger partial charge >= 0.3 is 5.97 Å². The summed E-state index contributed by atoms with van der Waals surface area (Å²) >= 11 is 1.21. The lowest BCUT2D eigenvalue weighted by Crippen LogP contribution is -2.35. The number of nitrogens with one attached hydrogen (secondary N) is 2. The van der Waals surface area contributed by atoms with Gasteiger partial charge in [0.05, 0.1) is 12.8 Å². The number of hydrogen-bond acceptors (Lipinski definition) is 7. The third-order valence-corrected chi connectivity index (χ3v) is 4.15. The SMILES string of the molecule is COC(=O)c1c(NC2CCNCC2)sc(C#N)c1N. The molecule has 0 atom stereocenters. The maximum absolute atomic E-state index is 11.8. The molecule has 6 nitrogen and oxygen atoms in total. The standard InChI is InChI=1S/C12H16N4O2S/c1-18-12(17)9-10(14)8(6-13)19-11(9)16-7-2-4-15-5-3-7/h7,15-16H,2-5,14H2,1H3. The van der Waals surface area contributed by atoms with E-state index in [4.69, 9.17) is 15.7 Å². The normalized spacial score (nSPS) is 15.8. The maximum Gasteiger partial charge on any atom is 0.343 e. The van der Waals surface area contributed by atoms with Crippen LogP contribution in [-0.4, -0.2) is 32.2 Å². The summed E-state index contributed by atoms with van der Waals surface area (Å²) < 4.78 is 4.73. The fourth-order valence-corrected chi connectivity index (χ4v) is 3.07. The van der Waals surface area contributed by atoms with E-state index in [1.807, 2.05) is 6.07 Å². The van der Waals surface area contributed by atoms with Crippen molar-refractivity contribution in [2.24, 2.45) is 0 Å². The van der Waals surface area contributed by atoms with E-state index in [1.54, 1.807) is 0 Å². The number of methoxy groups -OCH3 is 1. The van der Waals surface area contributed by atoms with Crippen LogP contribution in [0.25, 0.3) is 0 Å². The Morgan fingerprint density at radius 3 is 2.84 bits per heavy atom. The molecule has 1 aromatic heterocycles. The number of anilines is 2. The molecular formula is C12H16N4O2S. The molecule has 0 aliphatic carbocycles. The lowest BCUT2D eigenvalue weighted by molar-refractivity contribution is 0.0603. The van der Waals surface area contributed by atoms with Gasteiger partial charge in [0.1, 0.15) is 21.5 Å². The number of ether oxygens (including phenoxy) is 1. The second-order valence-electron chi connectivity index (χ2n) is 4.32. The van der Waals surface area contributed by atoms with Crippen LogP contribution in [0.15, 0.2) is 0 Å². The zero-order valence-corrected chi connectivity index (χ0v) is 11.5. The monoisotopic (exact) mass is 280 g/mol. The quantitative estimate of drug-likeness (QED) is 0.718. The van der Waals surface area contributed by atoms with E-state index < -0.39 is 5.97 Å². The van der Waals surface area contributed by atoms with E-state index in [2.05, 4.69) is 10.6 Å². The Morgan fingerprint density at radius 2 is 2.26 bits per heavy atom. The fraction of sp³-hybridized carbons (Fsp3) is 0.500. The molecule has 7 heteroatoms. The first-order valence-electron chi connectivity index (χ1n) is 6.05. The number of nitrogens with two attached hydrogens (primary N) is 1. The average molecular weight is 280 g/mol. The molecule has 2 heterocycles. The predicted octanol–water partition coefficient (Wildman–Crippen LogP) is 1.15. The second kappa shape index (κ2) is 5.91. The molecule has 0 spiro atoms. The van der Waals surface area contributed by atoms with E-state index in [9.17, 15) is 4.79 Å². The molecule has 0 aromatic carbocycles. The molecule has 0 bridgehead atoms. The highest BCUT2D eigenvalue weighted by Gasteiger charge is 2.25. The van der Waals surface area contributed by atoms with Crippen LogP contribution in [0.1, 0.15) is 28.1 Å². The minimum Gasteiger partial charge on any atom is -0.465 e. The molecule has 1 aliphatic rings. The van der Waals surface area contributed by atoms with Gasteiger partial charge in [0.25, 0.3) is 0 Å². The van der Waals surface area contributed by atoms with Crippen LogP contribution < -0.4 is 16.4 Å². The molecule has 19 heavy (non-hydrogen) atoms. The summed E-state index contributed by atoms with van der Waals surface area (Å²) in [6, 6.07) is 2.29. The number of nitriles is 1. The van der Waals surface area contributed by atoms with Gasteiger partial charge in [-0.15, -0.1) is 11.3 Å². The van der Waals surface area contributed by atoms with Crippen molar-refractivity contribution in [3.05, 3.63) is 10.4 Å². The summed E-state index contributed by atoms with van der Waals surface area (Å²) in [5, 5.41) is 16.2. The first kappa shape index (κ1) is 13.6. The molecule has 0 unspecified atom stereocenters. The highest BCUT2D eigenvalue weighted by molar-refractivity contribution is 7.17. The summed E-state index contributed by atoms with van der Waals surface area (Å²) in [5.41, 5.74) is 6.32. The average Bonchev–Trinajstić information content (AvgIpc) is 2.75. The summed E-state index contributed by atoms with van der Waals surface area (Å²) in [4.78, 5) is 12.1. The van der Waals surface area contributed by atoms with Gasteiger partial charge in [-0.3, -0.25) is 0 Å². The maximum atomic E-state index is 11.8. The van der Waals surface area contributed by atoms with E-state index >= 15 is 0 Å². The third kappa shape index (κ3) is 2.80. The summed E-state index contributed by atoms with van der Waals surface area (Å²) in [7, 11) is 1.31. The van der Waals surface area contributed by atoms with Gasteiger partial charge in [0.2, 0.25) is 0 Å². The van der Waals surface area contributed by atoms with Crippen molar-refractivity contribution >= 4 is 28.0 Å². The number of piperidine rings is 1. The van der Waals surface area contributed by atoms with Crippen LogP contribution in [0.4, 0.5) is 10.7 Å². The highest BCUT2D eigenvalue weighted by atomic mass is 32.1. The highest BCUT2D eigenvalue weighted by Crippen LogP contribution is 2.36. The van der Waals surface area contributed by atoms with Crippen LogP contribution >= 0.6 is 11.3 Å². The number of carbonyl (C=O) groups excluding carboxylic acids is 1. The van der Waals surface area contributed by atoms with Gasteiger partial charge in [-0.2, -0.15) is 5.26 Å². The van der Waals surface area contributed by atoms with Gasteiger partial charge in [0.15, 0.2) is 0 Å². The Kier molecular flexibility index (Phi) is 4.24. The number of nitrogens with zero attached hydrogens (tertiary/aromatic N) is 1. The van der Waals surface area contributed by atoms with Crippen molar-refractivity contribution < 1.29 is 9.53 Å². The van der Waals surface area contributed by atoms with E-state index in [1.165, 1.54) is 18.4 Å². The first-order chi connectivity index (χ1) is 9.17. The van der Waals surface area contributed by atoms with Crippen LogP contribution in [0, 0.1) is 11.3 Å². The minimum absolute atomic E-state index is 0.204. The van der Waals surface area contributed by atoms with Gasteiger partial charge < -0.3 is 21.1 Å². The zero-order chi connectivity index (χ0) is 13.8. The Labute approximate surface area is 115 Å². The van der Waals surface area contributed by atoms with Crippen LogP contribution in [0.2, 0.25) is 0 Å². The lowest BCUT2D eigenvalue weighted by Gasteiger charge is -2.24. The number of carbonyl (C=O) groups is 1. The van der Waals surface area contributed by atoms with Crippen LogP contribution in [0.3, 0.4) is 0 Å². The molecule has 102 valence electrons. The number of rotatable bonds is 3. The lowest BCUT2D eigenvalue weighted by atomic mass is 10.1. The van der Waals surface area contributed by atoms with Crippen molar-refractivity contribution in [2.45, 2.75) is 18.9 Å². The van der Waals surface area contributed by atoms with Gasteiger partial charge in [0, 0.05) is 6.04 Å². The van der Waals surface area contributed by atoms with Crippen LogP contribution in [-0.2, 0) is 4.74 Å². The Balaban J connectivity index is 2.27. The number of hydrogen-bond donors (Lipinski definition) is 3. The van der Waals surface area contributed by atoms with Gasteiger partial charge in [-0.1, -0.05) is 0 Å². The second-order valence-corrected chi connectivity index (χ2v) is 5.34. The molecule has 1 saturated heterocycles. The van der Waals surface area contributed by atoms with Gasteiger partial charge in [-0.05, 0) is 25.9 Å². The predicted molar refractivity (Wildman–Crippen MR) is 74.3 cm³/mol. The Hall–Kier alpha value is -1.78. The molecule has 1 fully saturated rings. The topological polar surface area (TPSA) is 100 Å². The number of thiophene rings is 1. The van der Waals surface area contributed by atoms with Crippen molar-refractivity contribution in [3.8, 4) is 6.07 Å². The molecule has 4 N–H and O–H groups in total. The molecular weight excluding hydrogens is 264 g/mol. The fourth-order valence-electron chi connectivity index (χ4n) is 2.08. The summed E-state index contributed by atoms with van der Waals surface area (Å²) in [6.45, 7) is 1.88. The van der Waals surface area contributed by atoms with Gasteiger partial charge in [-0.25, -0.2) is 4.79 Å². The number of esters is 1. The van der Waals surface area contributed by atoms with Crippen molar-refractivity contribution in [3.63, 3.8) is 0 Å². The molecule has 2 rings (SSSR count). The molecule has 1 aliphatic heterocycles. The molecule has 1 aromatic rings. The van der Waals surface area contributed by atoms with Crippen molar-refractivity contribution in [1.29, 1.82) is 5.26 Å².